The predicted octanol–water partition coefficient (Wildman–Crippen LogP) is 0.0839. The fourth-order valence-corrected chi connectivity index (χ4v) is 4.44. The molecule has 5 N–H and O–H groups in total. The molecule has 12 nitrogen and oxygen atoms in total. The number of cyclic esters (lactones) is 1. The molecule has 4 rings (SSSR count). The highest BCUT2D eigenvalue weighted by Crippen LogP contribution is 2.39. The number of phenolic OH excluding ortho intramolecular Hbond substituents is 2. The summed E-state index contributed by atoms with van der Waals surface area (Å²) in [7, 11) is 0. The van der Waals surface area contributed by atoms with Gasteiger partial charge in [0.15, 0.2) is 23.9 Å². The summed E-state index contributed by atoms with van der Waals surface area (Å²) >= 11 is 0. The number of hydrogen-bond donors (Lipinski definition) is 5. The Kier molecular flexibility index (Phi) is 8.15. The van der Waals surface area contributed by atoms with Crippen LogP contribution in [0.15, 0.2) is 48.8 Å². The average molecular weight is 520 g/mol. The van der Waals surface area contributed by atoms with Crippen molar-refractivity contribution in [3.8, 4) is 11.5 Å². The third-order valence-corrected chi connectivity index (χ3v) is 6.43. The topological polar surface area (TPSA) is 181 Å². The maximum atomic E-state index is 12.4. The number of hydrogen-bond acceptors (Lipinski definition) is 12. The Hall–Kier alpha value is -3.42. The first-order valence-electron chi connectivity index (χ1n) is 11.6. The molecular weight excluding hydrogens is 492 g/mol. The van der Waals surface area contributed by atoms with Gasteiger partial charge in [-0.3, -0.25) is 0 Å². The maximum absolute atomic E-state index is 12.4. The molecule has 0 saturated carbocycles. The second kappa shape index (κ2) is 11.3. The first-order valence-corrected chi connectivity index (χ1v) is 11.6. The molecule has 0 amide bonds. The van der Waals surface area contributed by atoms with Crippen LogP contribution in [0.3, 0.4) is 0 Å². The van der Waals surface area contributed by atoms with Gasteiger partial charge in [0.05, 0.1) is 25.0 Å². The molecule has 3 aliphatic heterocycles. The fourth-order valence-electron chi connectivity index (χ4n) is 4.44. The molecule has 8 atom stereocenters. The second-order valence-electron chi connectivity index (χ2n) is 8.75. The summed E-state index contributed by atoms with van der Waals surface area (Å²) in [6.07, 6.45) is -2.99. The van der Waals surface area contributed by atoms with Crippen LogP contribution < -0.4 is 0 Å². The first kappa shape index (κ1) is 26.6. The molecule has 3 aliphatic rings. The van der Waals surface area contributed by atoms with E-state index in [4.69, 9.17) is 23.7 Å². The zero-order chi connectivity index (χ0) is 26.7. The van der Waals surface area contributed by atoms with Crippen molar-refractivity contribution < 1.29 is 58.8 Å². The molecule has 0 aliphatic carbocycles. The summed E-state index contributed by atoms with van der Waals surface area (Å²) in [6, 6.07) is 3.89. The van der Waals surface area contributed by atoms with Gasteiger partial charge in [0.25, 0.3) is 0 Å². The molecule has 1 aromatic rings. The van der Waals surface area contributed by atoms with E-state index in [1.54, 1.807) is 6.08 Å². The van der Waals surface area contributed by atoms with Gasteiger partial charge in [-0.05, 0) is 30.2 Å². The fraction of sp³-hybridized carbons (Fsp3) is 0.440. The molecular formula is C25H28O12. The zero-order valence-electron chi connectivity index (χ0n) is 19.6. The molecule has 0 aromatic heterocycles. The smallest absolute Gasteiger partial charge is 0.337 e. The summed E-state index contributed by atoms with van der Waals surface area (Å²) in [5.74, 6) is -2.96. The molecule has 8 unspecified atom stereocenters. The standard InChI is InChI=1S/C25H28O12/c1-2-13-14-7-8-33-23(32)15(14)11-34-24(13)37-25-21(31)22(20(30)18(10-26)35-25)36-19(29)6-4-12-3-5-16(27)17(28)9-12/h2-6,9,11,13-14,18,20-22,24-28,30-31H,1,7-8,10H2. The summed E-state index contributed by atoms with van der Waals surface area (Å²) in [5.41, 5.74) is 0.712. The number of carbonyl (C=O) groups is 2. The highest BCUT2D eigenvalue weighted by atomic mass is 16.8. The SMILES string of the molecule is C=CC1C(OC2OC(CO)C(O)C(OC(=O)C=Cc3ccc(O)c(O)c3)C2O)OC=C2C(=O)OCCC21. The highest BCUT2D eigenvalue weighted by Gasteiger charge is 2.50. The Labute approximate surface area is 211 Å². The lowest BCUT2D eigenvalue weighted by Gasteiger charge is -2.44. The molecule has 0 spiro atoms. The van der Waals surface area contributed by atoms with E-state index < -0.39 is 61.5 Å². The first-order chi connectivity index (χ1) is 17.7. The van der Waals surface area contributed by atoms with E-state index in [0.29, 0.717) is 17.6 Å². The third kappa shape index (κ3) is 5.63. The molecule has 200 valence electrons. The van der Waals surface area contributed by atoms with Crippen molar-refractivity contribution in [2.45, 2.75) is 43.4 Å². The van der Waals surface area contributed by atoms with E-state index in [9.17, 15) is 35.1 Å². The normalized spacial score (nSPS) is 33.6. The van der Waals surface area contributed by atoms with E-state index in [2.05, 4.69) is 6.58 Å². The molecule has 1 aromatic carbocycles. The van der Waals surface area contributed by atoms with E-state index in [-0.39, 0.29) is 24.0 Å². The van der Waals surface area contributed by atoms with E-state index in [1.165, 1.54) is 30.5 Å². The summed E-state index contributed by atoms with van der Waals surface area (Å²) < 4.78 is 27.2. The Morgan fingerprint density at radius 3 is 2.65 bits per heavy atom. The maximum Gasteiger partial charge on any atom is 0.337 e. The van der Waals surface area contributed by atoms with Gasteiger partial charge in [-0.25, -0.2) is 9.59 Å². The van der Waals surface area contributed by atoms with Gasteiger partial charge >= 0.3 is 11.9 Å². The molecule has 2 saturated heterocycles. The number of carbonyl (C=O) groups excluding carboxylic acids is 2. The van der Waals surface area contributed by atoms with E-state index in [0.717, 1.165) is 6.08 Å². The van der Waals surface area contributed by atoms with Crippen LogP contribution in [0.5, 0.6) is 11.5 Å². The van der Waals surface area contributed by atoms with Crippen LogP contribution in [-0.4, -0.2) is 87.7 Å². The van der Waals surface area contributed by atoms with Crippen LogP contribution in [0, 0.1) is 11.8 Å². The summed E-state index contributed by atoms with van der Waals surface area (Å²) in [6.45, 7) is 3.34. The van der Waals surface area contributed by atoms with E-state index in [1.807, 2.05) is 0 Å². The minimum atomic E-state index is -1.68. The molecule has 3 heterocycles. The van der Waals surface area contributed by atoms with Crippen molar-refractivity contribution in [1.29, 1.82) is 0 Å². The van der Waals surface area contributed by atoms with Gasteiger partial charge in [0.1, 0.15) is 18.3 Å². The number of aliphatic hydroxyl groups excluding tert-OH is 3. The Morgan fingerprint density at radius 1 is 1.16 bits per heavy atom. The number of aromatic hydroxyl groups is 2. The van der Waals surface area contributed by atoms with Crippen molar-refractivity contribution in [2.75, 3.05) is 13.2 Å². The number of fused-ring (bicyclic) bond motifs is 1. The lowest BCUT2D eigenvalue weighted by molar-refractivity contribution is -0.340. The van der Waals surface area contributed by atoms with Gasteiger partial charge in [0.2, 0.25) is 6.29 Å². The number of rotatable bonds is 7. The Balaban J connectivity index is 1.47. The predicted molar refractivity (Wildman–Crippen MR) is 123 cm³/mol. The number of esters is 2. The van der Waals surface area contributed by atoms with Crippen molar-refractivity contribution in [3.05, 3.63) is 54.3 Å². The van der Waals surface area contributed by atoms with Gasteiger partial charge < -0.3 is 49.2 Å². The van der Waals surface area contributed by atoms with Crippen molar-refractivity contribution in [3.63, 3.8) is 0 Å². The zero-order valence-corrected chi connectivity index (χ0v) is 19.6. The monoisotopic (exact) mass is 520 g/mol. The van der Waals surface area contributed by atoms with Crippen molar-refractivity contribution >= 4 is 18.0 Å². The molecule has 12 heteroatoms. The summed E-state index contributed by atoms with van der Waals surface area (Å²) in [4.78, 5) is 24.5. The average Bonchev–Trinajstić information content (AvgIpc) is 2.88. The number of phenols is 2. The number of ether oxygens (including phenoxy) is 5. The lowest BCUT2D eigenvalue weighted by Crippen LogP contribution is -2.61. The van der Waals surface area contributed by atoms with Crippen LogP contribution >= 0.6 is 0 Å². The quantitative estimate of drug-likeness (QED) is 0.142. The number of benzene rings is 1. The highest BCUT2D eigenvalue weighted by molar-refractivity contribution is 5.89. The third-order valence-electron chi connectivity index (χ3n) is 6.43. The van der Waals surface area contributed by atoms with Crippen LogP contribution in [-0.2, 0) is 33.3 Å². The molecule has 2 fully saturated rings. The van der Waals surface area contributed by atoms with Gasteiger partial charge in [-0.15, -0.1) is 6.58 Å². The van der Waals surface area contributed by atoms with Crippen LogP contribution in [0.4, 0.5) is 0 Å². The molecule has 37 heavy (non-hydrogen) atoms. The van der Waals surface area contributed by atoms with Crippen molar-refractivity contribution in [1.82, 2.24) is 0 Å². The van der Waals surface area contributed by atoms with Gasteiger partial charge in [-0.1, -0.05) is 12.1 Å². The molecule has 0 radical (unpaired) electrons. The summed E-state index contributed by atoms with van der Waals surface area (Å²) in [5, 5.41) is 50.0. The Bertz CT molecular complexity index is 1080. The minimum absolute atomic E-state index is 0.217. The van der Waals surface area contributed by atoms with Crippen LogP contribution in [0.25, 0.3) is 6.08 Å². The number of aliphatic hydroxyl groups is 3. The largest absolute Gasteiger partial charge is 0.504 e. The van der Waals surface area contributed by atoms with Crippen molar-refractivity contribution in [2.24, 2.45) is 11.8 Å². The van der Waals surface area contributed by atoms with Crippen LogP contribution in [0.1, 0.15) is 12.0 Å². The second-order valence-corrected chi connectivity index (χ2v) is 8.75. The van der Waals surface area contributed by atoms with Gasteiger partial charge in [0, 0.05) is 17.9 Å². The van der Waals surface area contributed by atoms with Gasteiger partial charge in [-0.2, -0.15) is 0 Å². The lowest BCUT2D eigenvalue weighted by atomic mass is 9.81. The van der Waals surface area contributed by atoms with Crippen LogP contribution in [0.2, 0.25) is 0 Å². The minimum Gasteiger partial charge on any atom is -0.504 e. The molecule has 0 bridgehead atoms. The Morgan fingerprint density at radius 2 is 1.95 bits per heavy atom. The van der Waals surface area contributed by atoms with E-state index >= 15 is 0 Å².